The fourth-order valence-corrected chi connectivity index (χ4v) is 5.65. The third kappa shape index (κ3) is 1.28. The Bertz CT molecular complexity index is 682. The average Bonchev–Trinajstić information content (AvgIpc) is 2.88. The summed E-state index contributed by atoms with van der Waals surface area (Å²) in [6, 6.07) is 4.97. The van der Waals surface area contributed by atoms with Gasteiger partial charge in [-0.05, 0) is 38.1 Å². The predicted molar refractivity (Wildman–Crippen MR) is 85.6 cm³/mol. The molecule has 1 spiro atoms. The first kappa shape index (κ1) is 13.0. The molecule has 1 saturated heterocycles. The van der Waals surface area contributed by atoms with Crippen LogP contribution in [-0.4, -0.2) is 37.7 Å². The highest BCUT2D eigenvalue weighted by molar-refractivity contribution is 5.61. The van der Waals surface area contributed by atoms with E-state index in [-0.39, 0.29) is 11.5 Å². The minimum Gasteiger partial charge on any atom is -0.493 e. The van der Waals surface area contributed by atoms with Crippen LogP contribution in [0.5, 0.6) is 11.5 Å². The van der Waals surface area contributed by atoms with E-state index in [0.717, 1.165) is 24.5 Å². The van der Waals surface area contributed by atoms with Gasteiger partial charge in [-0.3, -0.25) is 0 Å². The van der Waals surface area contributed by atoms with Crippen molar-refractivity contribution in [3.05, 3.63) is 35.4 Å². The van der Waals surface area contributed by atoms with Gasteiger partial charge in [0.1, 0.15) is 6.10 Å². The lowest BCUT2D eigenvalue weighted by atomic mass is 9.52. The zero-order valence-electron chi connectivity index (χ0n) is 13.5. The fraction of sp³-hybridized carbons (Fsp3) is 0.579. The molecule has 116 valence electrons. The summed E-state index contributed by atoms with van der Waals surface area (Å²) in [5.74, 6) is 2.98. The summed E-state index contributed by atoms with van der Waals surface area (Å²) >= 11 is 0. The van der Waals surface area contributed by atoms with Gasteiger partial charge in [0.2, 0.25) is 0 Å². The van der Waals surface area contributed by atoms with Gasteiger partial charge in [0.25, 0.3) is 0 Å². The highest BCUT2D eigenvalue weighted by Crippen LogP contribution is 2.63. The molecule has 2 aliphatic carbocycles. The third-order valence-electron chi connectivity index (χ3n) is 6.63. The van der Waals surface area contributed by atoms with Crippen LogP contribution in [0.3, 0.4) is 0 Å². The number of hydrogen-bond acceptors (Lipinski definition) is 3. The lowest BCUT2D eigenvalue weighted by molar-refractivity contribution is -0.0144. The molecule has 3 heteroatoms. The number of hydrogen-bond donors (Lipinski definition) is 0. The lowest BCUT2D eigenvalue weighted by Crippen LogP contribution is -2.63. The molecule has 4 aliphatic rings. The molecule has 0 aromatic heterocycles. The van der Waals surface area contributed by atoms with Crippen LogP contribution in [-0.2, 0) is 11.8 Å². The predicted octanol–water partition coefficient (Wildman–Crippen LogP) is 2.78. The summed E-state index contributed by atoms with van der Waals surface area (Å²) in [5.41, 5.74) is 3.12. The quantitative estimate of drug-likeness (QED) is 0.744. The molecule has 5 atom stereocenters. The van der Waals surface area contributed by atoms with Gasteiger partial charge in [0.05, 0.1) is 7.11 Å². The number of likely N-dealkylation sites (tertiary alicyclic amines) is 1. The zero-order chi connectivity index (χ0) is 15.1. The van der Waals surface area contributed by atoms with E-state index in [1.165, 1.54) is 17.5 Å². The van der Waals surface area contributed by atoms with Crippen molar-refractivity contribution in [3.8, 4) is 11.5 Å². The summed E-state index contributed by atoms with van der Waals surface area (Å²) in [7, 11) is 4.03. The van der Waals surface area contributed by atoms with Gasteiger partial charge in [0, 0.05) is 28.9 Å². The molecule has 1 aromatic carbocycles. The van der Waals surface area contributed by atoms with Gasteiger partial charge in [-0.15, -0.1) is 0 Å². The number of rotatable bonds is 1. The number of ether oxygens (including phenoxy) is 2. The minimum absolute atomic E-state index is 0.169. The SMILES string of the molecule is COc1ccc2c3c1O[C@H]1[C@@H](C)C=CC4[C@@H](C2)N(C)CC[C@@]341. The van der Waals surface area contributed by atoms with Crippen LogP contribution in [0.4, 0.5) is 0 Å². The molecule has 1 fully saturated rings. The van der Waals surface area contributed by atoms with Crippen molar-refractivity contribution < 1.29 is 9.47 Å². The largest absolute Gasteiger partial charge is 0.493 e. The third-order valence-corrected chi connectivity index (χ3v) is 6.63. The molecule has 3 nitrogen and oxygen atoms in total. The Balaban J connectivity index is 1.82. The zero-order valence-corrected chi connectivity index (χ0v) is 13.5. The molecule has 1 aromatic rings. The molecule has 0 radical (unpaired) electrons. The van der Waals surface area contributed by atoms with Gasteiger partial charge in [-0.1, -0.05) is 25.1 Å². The van der Waals surface area contributed by atoms with Crippen molar-refractivity contribution in [3.63, 3.8) is 0 Å². The molecule has 2 bridgehead atoms. The van der Waals surface area contributed by atoms with E-state index >= 15 is 0 Å². The van der Waals surface area contributed by atoms with Gasteiger partial charge < -0.3 is 14.4 Å². The Morgan fingerprint density at radius 2 is 2.18 bits per heavy atom. The minimum atomic E-state index is 0.169. The topological polar surface area (TPSA) is 21.7 Å². The first-order chi connectivity index (χ1) is 10.7. The maximum absolute atomic E-state index is 6.55. The van der Waals surface area contributed by atoms with Crippen LogP contribution in [0.15, 0.2) is 24.3 Å². The van der Waals surface area contributed by atoms with Crippen LogP contribution in [0.25, 0.3) is 0 Å². The summed E-state index contributed by atoms with van der Waals surface area (Å²) in [5, 5.41) is 0. The Morgan fingerprint density at radius 3 is 3.00 bits per heavy atom. The second-order valence-corrected chi connectivity index (χ2v) is 7.48. The Labute approximate surface area is 131 Å². The standard InChI is InChI=1S/C19H23NO2/c1-11-4-6-13-14-10-12-5-7-15(21-3)17-16(12)19(13,18(11)22-17)8-9-20(14)2/h4-7,11,13-14,18H,8-10H2,1-3H3/t11-,13?,14+,18-,19-/m0/s1. The molecular formula is C19H23NO2. The first-order valence-corrected chi connectivity index (χ1v) is 8.42. The van der Waals surface area contributed by atoms with Crippen LogP contribution in [0.2, 0.25) is 0 Å². The highest BCUT2D eigenvalue weighted by atomic mass is 16.5. The molecular weight excluding hydrogens is 274 g/mol. The van der Waals surface area contributed by atoms with Crippen molar-refractivity contribution in [1.29, 1.82) is 0 Å². The van der Waals surface area contributed by atoms with E-state index in [1.807, 2.05) is 0 Å². The Morgan fingerprint density at radius 1 is 1.32 bits per heavy atom. The lowest BCUT2D eigenvalue weighted by Gasteiger charge is -2.56. The van der Waals surface area contributed by atoms with Crippen molar-refractivity contribution in [1.82, 2.24) is 4.90 Å². The second-order valence-electron chi connectivity index (χ2n) is 7.48. The van der Waals surface area contributed by atoms with Crippen LogP contribution in [0.1, 0.15) is 24.5 Å². The van der Waals surface area contributed by atoms with E-state index in [9.17, 15) is 0 Å². The van der Waals surface area contributed by atoms with E-state index in [4.69, 9.17) is 9.47 Å². The molecule has 22 heavy (non-hydrogen) atoms. The van der Waals surface area contributed by atoms with E-state index in [2.05, 4.69) is 43.2 Å². The molecule has 0 N–H and O–H groups in total. The second kappa shape index (κ2) is 4.08. The Kier molecular flexibility index (Phi) is 2.41. The number of piperidine rings is 1. The maximum atomic E-state index is 6.55. The number of benzene rings is 1. The number of nitrogens with zero attached hydrogens (tertiary/aromatic N) is 1. The number of methoxy groups -OCH3 is 1. The summed E-state index contributed by atoms with van der Waals surface area (Å²) in [4.78, 5) is 2.55. The van der Waals surface area contributed by atoms with Gasteiger partial charge in [-0.2, -0.15) is 0 Å². The van der Waals surface area contributed by atoms with E-state index in [1.54, 1.807) is 7.11 Å². The summed E-state index contributed by atoms with van der Waals surface area (Å²) in [6.07, 6.45) is 7.45. The van der Waals surface area contributed by atoms with Gasteiger partial charge in [0.15, 0.2) is 11.5 Å². The fourth-order valence-electron chi connectivity index (χ4n) is 5.65. The smallest absolute Gasteiger partial charge is 0.165 e. The van der Waals surface area contributed by atoms with E-state index in [0.29, 0.717) is 17.9 Å². The molecule has 2 aliphatic heterocycles. The summed E-state index contributed by atoms with van der Waals surface area (Å²) in [6.45, 7) is 3.46. The van der Waals surface area contributed by atoms with Gasteiger partial charge in [-0.25, -0.2) is 0 Å². The first-order valence-electron chi connectivity index (χ1n) is 8.42. The molecule has 0 amide bonds. The molecule has 0 saturated carbocycles. The monoisotopic (exact) mass is 297 g/mol. The average molecular weight is 297 g/mol. The molecule has 1 unspecified atom stereocenters. The van der Waals surface area contributed by atoms with Crippen molar-refractivity contribution in [2.45, 2.75) is 37.3 Å². The van der Waals surface area contributed by atoms with Crippen LogP contribution in [0, 0.1) is 11.8 Å². The van der Waals surface area contributed by atoms with E-state index < -0.39 is 0 Å². The molecule has 2 heterocycles. The van der Waals surface area contributed by atoms with Crippen molar-refractivity contribution in [2.24, 2.45) is 11.8 Å². The Hall–Kier alpha value is -1.48. The van der Waals surface area contributed by atoms with Crippen LogP contribution < -0.4 is 9.47 Å². The maximum Gasteiger partial charge on any atom is 0.165 e. The number of likely N-dealkylation sites (N-methyl/N-ethyl adjacent to an activating group) is 1. The van der Waals surface area contributed by atoms with Crippen molar-refractivity contribution in [2.75, 3.05) is 20.7 Å². The van der Waals surface area contributed by atoms with Crippen molar-refractivity contribution >= 4 is 0 Å². The summed E-state index contributed by atoms with van der Waals surface area (Å²) < 4.78 is 12.2. The molecule has 5 rings (SSSR count). The normalized spacial score (nSPS) is 41.0. The highest BCUT2D eigenvalue weighted by Gasteiger charge is 2.63. The van der Waals surface area contributed by atoms with Gasteiger partial charge >= 0.3 is 0 Å². The van der Waals surface area contributed by atoms with Crippen LogP contribution >= 0.6 is 0 Å².